The van der Waals surface area contributed by atoms with Crippen LogP contribution in [-0.2, 0) is 0 Å². The van der Waals surface area contributed by atoms with Crippen LogP contribution in [0.1, 0.15) is 46.5 Å². The van der Waals surface area contributed by atoms with Gasteiger partial charge in [-0.3, -0.25) is 0 Å². The molecule has 2 nitrogen and oxygen atoms in total. The highest BCUT2D eigenvalue weighted by Crippen LogP contribution is 2.23. The van der Waals surface area contributed by atoms with Gasteiger partial charge in [-0.2, -0.15) is 0 Å². The van der Waals surface area contributed by atoms with Crippen molar-refractivity contribution in [3.63, 3.8) is 0 Å². The van der Waals surface area contributed by atoms with Crippen LogP contribution in [0.4, 0.5) is 0 Å². The van der Waals surface area contributed by atoms with Gasteiger partial charge in [0.05, 0.1) is 0 Å². The Balaban J connectivity index is 1.99. The van der Waals surface area contributed by atoms with Crippen molar-refractivity contribution >= 4 is 0 Å². The average molecular weight is 226 g/mol. The van der Waals surface area contributed by atoms with E-state index < -0.39 is 0 Å². The molecular formula is C14H30N2. The minimum atomic E-state index is 0.787. The smallest absolute Gasteiger partial charge is 0.0107 e. The molecule has 0 aliphatic heterocycles. The summed E-state index contributed by atoms with van der Waals surface area (Å²) in [6.45, 7) is 12.9. The molecule has 0 amide bonds. The van der Waals surface area contributed by atoms with E-state index in [4.69, 9.17) is 0 Å². The van der Waals surface area contributed by atoms with E-state index in [2.05, 4.69) is 31.0 Å². The quantitative estimate of drug-likeness (QED) is 0.640. The summed E-state index contributed by atoms with van der Waals surface area (Å²) in [4.78, 5) is 2.55. The van der Waals surface area contributed by atoms with Gasteiger partial charge >= 0.3 is 0 Å². The third-order valence-electron chi connectivity index (χ3n) is 3.58. The maximum atomic E-state index is 3.62. The number of rotatable bonds is 8. The first kappa shape index (κ1) is 14.0. The third-order valence-corrected chi connectivity index (χ3v) is 3.58. The highest BCUT2D eigenvalue weighted by Gasteiger charge is 2.14. The molecule has 16 heavy (non-hydrogen) atoms. The van der Waals surface area contributed by atoms with Crippen molar-refractivity contribution in [1.82, 2.24) is 10.2 Å². The Morgan fingerprint density at radius 3 is 2.50 bits per heavy atom. The first-order valence-corrected chi connectivity index (χ1v) is 7.15. The van der Waals surface area contributed by atoms with Gasteiger partial charge in [-0.25, -0.2) is 0 Å². The molecule has 2 heteroatoms. The molecule has 0 unspecified atom stereocenters. The van der Waals surface area contributed by atoms with E-state index in [-0.39, 0.29) is 0 Å². The molecule has 96 valence electrons. The predicted octanol–water partition coefficient (Wildman–Crippen LogP) is 2.74. The Morgan fingerprint density at radius 2 is 1.94 bits per heavy atom. The van der Waals surface area contributed by atoms with Crippen LogP contribution in [0.25, 0.3) is 0 Å². The summed E-state index contributed by atoms with van der Waals surface area (Å²) in [7, 11) is 0. The lowest BCUT2D eigenvalue weighted by molar-refractivity contribution is 0.254. The van der Waals surface area contributed by atoms with E-state index in [0.29, 0.717) is 0 Å². The lowest BCUT2D eigenvalue weighted by Crippen LogP contribution is -2.35. The van der Waals surface area contributed by atoms with Crippen molar-refractivity contribution in [1.29, 1.82) is 0 Å². The second-order valence-electron chi connectivity index (χ2n) is 5.64. The molecule has 0 atom stereocenters. The van der Waals surface area contributed by atoms with E-state index in [1.807, 2.05) is 0 Å². The molecule has 0 heterocycles. The maximum Gasteiger partial charge on any atom is 0.0107 e. The average Bonchev–Trinajstić information content (AvgIpc) is 2.74. The van der Waals surface area contributed by atoms with Crippen molar-refractivity contribution in [2.75, 3.05) is 32.7 Å². The van der Waals surface area contributed by atoms with Crippen molar-refractivity contribution in [2.24, 2.45) is 11.8 Å². The molecule has 0 aromatic heterocycles. The first-order chi connectivity index (χ1) is 7.72. The van der Waals surface area contributed by atoms with Crippen molar-refractivity contribution in [2.45, 2.75) is 46.5 Å². The van der Waals surface area contributed by atoms with Crippen LogP contribution in [-0.4, -0.2) is 37.6 Å². The van der Waals surface area contributed by atoms with E-state index in [1.165, 1.54) is 51.9 Å². The molecule has 1 rings (SSSR count). The summed E-state index contributed by atoms with van der Waals surface area (Å²) in [5.41, 5.74) is 0. The van der Waals surface area contributed by atoms with Crippen molar-refractivity contribution < 1.29 is 0 Å². The molecule has 1 saturated carbocycles. The lowest BCUT2D eigenvalue weighted by atomic mass is 10.1. The van der Waals surface area contributed by atoms with Crippen LogP contribution in [0.15, 0.2) is 0 Å². The SMILES string of the molecule is CCN(CCNCC1CCCC1)CC(C)C. The predicted molar refractivity (Wildman–Crippen MR) is 71.8 cm³/mol. The number of likely N-dealkylation sites (N-methyl/N-ethyl adjacent to an activating group) is 1. The van der Waals surface area contributed by atoms with Crippen LogP contribution < -0.4 is 5.32 Å². The zero-order valence-corrected chi connectivity index (χ0v) is 11.5. The molecule has 1 aliphatic carbocycles. The molecule has 1 fully saturated rings. The Morgan fingerprint density at radius 1 is 1.25 bits per heavy atom. The zero-order valence-electron chi connectivity index (χ0n) is 11.5. The standard InChI is InChI=1S/C14H30N2/c1-4-16(12-13(2)3)10-9-15-11-14-7-5-6-8-14/h13-15H,4-12H2,1-3H3. The van der Waals surface area contributed by atoms with Gasteiger partial charge in [0.1, 0.15) is 0 Å². The lowest BCUT2D eigenvalue weighted by Gasteiger charge is -2.23. The zero-order chi connectivity index (χ0) is 11.8. The molecule has 0 spiro atoms. The molecule has 0 bridgehead atoms. The second-order valence-corrected chi connectivity index (χ2v) is 5.64. The summed E-state index contributed by atoms with van der Waals surface area (Å²) in [5, 5.41) is 3.62. The monoisotopic (exact) mass is 226 g/mol. The fraction of sp³-hybridized carbons (Fsp3) is 1.00. The third kappa shape index (κ3) is 5.86. The molecule has 0 aromatic carbocycles. The van der Waals surface area contributed by atoms with Crippen molar-refractivity contribution in [3.8, 4) is 0 Å². The van der Waals surface area contributed by atoms with Gasteiger partial charge in [-0.15, -0.1) is 0 Å². The van der Waals surface area contributed by atoms with Gasteiger partial charge in [0, 0.05) is 19.6 Å². The molecule has 0 radical (unpaired) electrons. The minimum Gasteiger partial charge on any atom is -0.315 e. The maximum absolute atomic E-state index is 3.62. The van der Waals surface area contributed by atoms with E-state index >= 15 is 0 Å². The molecule has 0 aromatic rings. The fourth-order valence-corrected chi connectivity index (χ4v) is 2.65. The topological polar surface area (TPSA) is 15.3 Å². The highest BCUT2D eigenvalue weighted by molar-refractivity contribution is 4.70. The van der Waals surface area contributed by atoms with E-state index in [9.17, 15) is 0 Å². The Labute approximate surface area is 102 Å². The minimum absolute atomic E-state index is 0.787. The molecule has 1 aliphatic rings. The van der Waals surface area contributed by atoms with Gasteiger partial charge in [-0.1, -0.05) is 33.6 Å². The molecule has 0 saturated heterocycles. The van der Waals surface area contributed by atoms with Crippen LogP contribution in [0, 0.1) is 11.8 Å². The number of hydrogen-bond acceptors (Lipinski definition) is 2. The van der Waals surface area contributed by atoms with Gasteiger partial charge in [0.2, 0.25) is 0 Å². The summed E-state index contributed by atoms with van der Waals surface area (Å²) < 4.78 is 0. The first-order valence-electron chi connectivity index (χ1n) is 7.15. The Hall–Kier alpha value is -0.0800. The van der Waals surface area contributed by atoms with Crippen LogP contribution in [0.2, 0.25) is 0 Å². The largest absolute Gasteiger partial charge is 0.315 e. The van der Waals surface area contributed by atoms with E-state index in [0.717, 1.165) is 18.4 Å². The van der Waals surface area contributed by atoms with Crippen LogP contribution >= 0.6 is 0 Å². The number of hydrogen-bond donors (Lipinski definition) is 1. The van der Waals surface area contributed by atoms with Crippen LogP contribution in [0.5, 0.6) is 0 Å². The summed E-state index contributed by atoms with van der Waals surface area (Å²) in [5.74, 6) is 1.76. The van der Waals surface area contributed by atoms with Gasteiger partial charge in [0.15, 0.2) is 0 Å². The number of nitrogens with zero attached hydrogens (tertiary/aromatic N) is 1. The van der Waals surface area contributed by atoms with Crippen molar-refractivity contribution in [3.05, 3.63) is 0 Å². The summed E-state index contributed by atoms with van der Waals surface area (Å²) in [6, 6.07) is 0. The molecular weight excluding hydrogens is 196 g/mol. The van der Waals surface area contributed by atoms with Gasteiger partial charge in [0.25, 0.3) is 0 Å². The fourth-order valence-electron chi connectivity index (χ4n) is 2.65. The van der Waals surface area contributed by atoms with E-state index in [1.54, 1.807) is 0 Å². The van der Waals surface area contributed by atoms with Gasteiger partial charge in [-0.05, 0) is 37.8 Å². The Kier molecular flexibility index (Phi) is 7.06. The summed E-state index contributed by atoms with van der Waals surface area (Å²) >= 11 is 0. The van der Waals surface area contributed by atoms with Gasteiger partial charge < -0.3 is 10.2 Å². The Bertz CT molecular complexity index is 162. The highest BCUT2D eigenvalue weighted by atomic mass is 15.1. The van der Waals surface area contributed by atoms with Crippen LogP contribution in [0.3, 0.4) is 0 Å². The molecule has 1 N–H and O–H groups in total. The normalized spacial score (nSPS) is 17.8. The number of nitrogens with one attached hydrogen (secondary N) is 1. The second kappa shape index (κ2) is 8.08. The summed E-state index contributed by atoms with van der Waals surface area (Å²) in [6.07, 6.45) is 5.83.